The predicted molar refractivity (Wildman–Crippen MR) is 67.1 cm³/mol. The van der Waals surface area contributed by atoms with Gasteiger partial charge in [0, 0.05) is 17.6 Å². The van der Waals surface area contributed by atoms with Crippen molar-refractivity contribution in [2.45, 2.75) is 26.2 Å². The van der Waals surface area contributed by atoms with Crippen molar-refractivity contribution >= 4 is 22.5 Å². The molecular formula is C13H14ClNO. The Morgan fingerprint density at radius 2 is 1.94 bits per heavy atom. The molecule has 0 saturated carbocycles. The van der Waals surface area contributed by atoms with Gasteiger partial charge in [-0.2, -0.15) is 0 Å². The summed E-state index contributed by atoms with van der Waals surface area (Å²) in [6.07, 6.45) is 1.64. The maximum Gasteiger partial charge on any atom is 0.117 e. The molecule has 0 fully saturated rings. The van der Waals surface area contributed by atoms with Crippen molar-refractivity contribution in [3.05, 3.63) is 35.0 Å². The highest BCUT2D eigenvalue weighted by Gasteiger charge is 2.20. The van der Waals surface area contributed by atoms with Crippen molar-refractivity contribution in [1.29, 1.82) is 0 Å². The van der Waals surface area contributed by atoms with Gasteiger partial charge in [0.15, 0.2) is 0 Å². The molecule has 0 atom stereocenters. The van der Waals surface area contributed by atoms with Gasteiger partial charge in [0.2, 0.25) is 0 Å². The maximum absolute atomic E-state index is 9.42. The summed E-state index contributed by atoms with van der Waals surface area (Å²) in [7, 11) is 0. The molecule has 1 N–H and O–H groups in total. The van der Waals surface area contributed by atoms with Gasteiger partial charge >= 0.3 is 0 Å². The summed E-state index contributed by atoms with van der Waals surface area (Å²) in [5.41, 5.74) is 1.79. The van der Waals surface area contributed by atoms with Crippen molar-refractivity contribution in [2.75, 3.05) is 0 Å². The zero-order valence-electron chi connectivity index (χ0n) is 9.58. The summed E-state index contributed by atoms with van der Waals surface area (Å²) < 4.78 is 0. The SMILES string of the molecule is CC(C)(C)c1c(Cl)cnc2cc(O)ccc12. The minimum absolute atomic E-state index is 0.0464. The van der Waals surface area contributed by atoms with Gasteiger partial charge in [-0.1, -0.05) is 32.4 Å². The van der Waals surface area contributed by atoms with Crippen LogP contribution in [-0.2, 0) is 5.41 Å². The zero-order chi connectivity index (χ0) is 11.9. The Morgan fingerprint density at radius 1 is 1.25 bits per heavy atom. The quantitative estimate of drug-likeness (QED) is 0.752. The average molecular weight is 236 g/mol. The van der Waals surface area contributed by atoms with E-state index in [1.54, 1.807) is 18.3 Å². The number of hydrogen-bond acceptors (Lipinski definition) is 2. The highest BCUT2D eigenvalue weighted by Crippen LogP contribution is 2.35. The number of aromatic nitrogens is 1. The number of phenolic OH excluding ortho intramolecular Hbond substituents is 1. The predicted octanol–water partition coefficient (Wildman–Crippen LogP) is 3.89. The number of halogens is 1. The van der Waals surface area contributed by atoms with Gasteiger partial charge in [-0.25, -0.2) is 0 Å². The summed E-state index contributed by atoms with van der Waals surface area (Å²) in [4.78, 5) is 4.22. The molecule has 1 aromatic carbocycles. The molecule has 1 heterocycles. The molecule has 0 amide bonds. The van der Waals surface area contributed by atoms with Crippen LogP contribution in [0, 0.1) is 0 Å². The first-order chi connectivity index (χ1) is 7.39. The smallest absolute Gasteiger partial charge is 0.117 e. The molecule has 2 rings (SSSR count). The van der Waals surface area contributed by atoms with Crippen LogP contribution < -0.4 is 0 Å². The minimum Gasteiger partial charge on any atom is -0.508 e. The molecule has 0 unspecified atom stereocenters. The fourth-order valence-electron chi connectivity index (χ4n) is 1.92. The number of nitrogens with zero attached hydrogens (tertiary/aromatic N) is 1. The normalized spacial score (nSPS) is 12.0. The van der Waals surface area contributed by atoms with Gasteiger partial charge < -0.3 is 5.11 Å². The maximum atomic E-state index is 9.42. The van der Waals surface area contributed by atoms with Crippen LogP contribution in [0.4, 0.5) is 0 Å². The molecule has 84 valence electrons. The third kappa shape index (κ3) is 1.85. The van der Waals surface area contributed by atoms with Gasteiger partial charge in [0.25, 0.3) is 0 Å². The van der Waals surface area contributed by atoms with E-state index in [1.165, 1.54) is 0 Å². The van der Waals surface area contributed by atoms with E-state index in [0.717, 1.165) is 16.5 Å². The molecule has 0 saturated heterocycles. The van der Waals surface area contributed by atoms with Crippen molar-refractivity contribution in [3.63, 3.8) is 0 Å². The Morgan fingerprint density at radius 3 is 2.56 bits per heavy atom. The lowest BCUT2D eigenvalue weighted by molar-refractivity contribution is 0.476. The number of aromatic hydroxyl groups is 1. The standard InChI is InChI=1S/C13H14ClNO/c1-13(2,3)12-9-5-4-8(16)6-11(9)15-7-10(12)14/h4-7,16H,1-3H3. The molecule has 16 heavy (non-hydrogen) atoms. The van der Waals surface area contributed by atoms with E-state index in [2.05, 4.69) is 25.8 Å². The third-order valence-electron chi connectivity index (χ3n) is 2.56. The topological polar surface area (TPSA) is 33.1 Å². The van der Waals surface area contributed by atoms with Crippen LogP contribution in [0.5, 0.6) is 5.75 Å². The Bertz CT molecular complexity index is 543. The van der Waals surface area contributed by atoms with Crippen LogP contribution in [0.3, 0.4) is 0 Å². The molecule has 0 bridgehead atoms. The Kier molecular flexibility index (Phi) is 2.55. The molecule has 2 aromatic rings. The number of hydrogen-bond donors (Lipinski definition) is 1. The molecular weight excluding hydrogens is 222 g/mol. The van der Waals surface area contributed by atoms with Gasteiger partial charge in [-0.05, 0) is 23.1 Å². The van der Waals surface area contributed by atoms with Crippen molar-refractivity contribution in [3.8, 4) is 5.75 Å². The van der Waals surface area contributed by atoms with E-state index in [0.29, 0.717) is 5.02 Å². The highest BCUT2D eigenvalue weighted by atomic mass is 35.5. The first kappa shape index (κ1) is 11.2. The largest absolute Gasteiger partial charge is 0.508 e. The van der Waals surface area contributed by atoms with Gasteiger partial charge in [0.05, 0.1) is 10.5 Å². The van der Waals surface area contributed by atoms with Crippen LogP contribution in [0.2, 0.25) is 5.02 Å². The van der Waals surface area contributed by atoms with Gasteiger partial charge in [-0.3, -0.25) is 4.98 Å². The van der Waals surface area contributed by atoms with Gasteiger partial charge in [-0.15, -0.1) is 0 Å². The molecule has 3 heteroatoms. The first-order valence-corrected chi connectivity index (χ1v) is 5.55. The highest BCUT2D eigenvalue weighted by molar-refractivity contribution is 6.32. The lowest BCUT2D eigenvalue weighted by atomic mass is 9.85. The number of benzene rings is 1. The van der Waals surface area contributed by atoms with E-state index in [1.807, 2.05) is 6.07 Å². The Labute approximate surface area is 99.9 Å². The van der Waals surface area contributed by atoms with Gasteiger partial charge in [0.1, 0.15) is 5.75 Å². The number of fused-ring (bicyclic) bond motifs is 1. The van der Waals surface area contributed by atoms with E-state index < -0.39 is 0 Å². The van der Waals surface area contributed by atoms with Crippen LogP contribution in [0.15, 0.2) is 24.4 Å². The van der Waals surface area contributed by atoms with Crippen LogP contribution in [0.25, 0.3) is 10.9 Å². The molecule has 0 aliphatic heterocycles. The second-order valence-corrected chi connectivity index (χ2v) is 5.34. The average Bonchev–Trinajstić information content (AvgIpc) is 2.16. The van der Waals surface area contributed by atoms with E-state index >= 15 is 0 Å². The summed E-state index contributed by atoms with van der Waals surface area (Å²) in [6, 6.07) is 5.18. The Balaban J connectivity index is 2.85. The summed E-state index contributed by atoms with van der Waals surface area (Å²) >= 11 is 6.20. The van der Waals surface area contributed by atoms with E-state index in [9.17, 15) is 5.11 Å². The summed E-state index contributed by atoms with van der Waals surface area (Å²) in [5.74, 6) is 0.224. The molecule has 0 aliphatic carbocycles. The van der Waals surface area contributed by atoms with Crippen LogP contribution in [-0.4, -0.2) is 10.1 Å². The summed E-state index contributed by atoms with van der Waals surface area (Å²) in [5, 5.41) is 11.1. The Hall–Kier alpha value is -1.28. The lowest BCUT2D eigenvalue weighted by Gasteiger charge is -2.22. The van der Waals surface area contributed by atoms with Crippen LogP contribution >= 0.6 is 11.6 Å². The second kappa shape index (κ2) is 3.63. The van der Waals surface area contributed by atoms with E-state index in [4.69, 9.17) is 11.6 Å². The lowest BCUT2D eigenvalue weighted by Crippen LogP contribution is -2.12. The van der Waals surface area contributed by atoms with Crippen LogP contribution in [0.1, 0.15) is 26.3 Å². The molecule has 1 aromatic heterocycles. The number of phenols is 1. The summed E-state index contributed by atoms with van der Waals surface area (Å²) in [6.45, 7) is 6.33. The fraction of sp³-hybridized carbons (Fsp3) is 0.308. The number of rotatable bonds is 0. The molecule has 0 aliphatic rings. The zero-order valence-corrected chi connectivity index (χ0v) is 10.3. The third-order valence-corrected chi connectivity index (χ3v) is 2.84. The molecule has 0 radical (unpaired) electrons. The van der Waals surface area contributed by atoms with Crippen molar-refractivity contribution < 1.29 is 5.11 Å². The molecule has 0 spiro atoms. The minimum atomic E-state index is -0.0464. The number of pyridine rings is 1. The monoisotopic (exact) mass is 235 g/mol. The first-order valence-electron chi connectivity index (χ1n) is 5.17. The van der Waals surface area contributed by atoms with E-state index in [-0.39, 0.29) is 11.2 Å². The molecule has 2 nitrogen and oxygen atoms in total. The van der Waals surface area contributed by atoms with Crippen molar-refractivity contribution in [2.24, 2.45) is 0 Å². The second-order valence-electron chi connectivity index (χ2n) is 4.93. The fourth-order valence-corrected chi connectivity index (χ4v) is 2.35. The van der Waals surface area contributed by atoms with Crippen molar-refractivity contribution in [1.82, 2.24) is 4.98 Å².